The summed E-state index contributed by atoms with van der Waals surface area (Å²) in [5.74, 6) is -0.859. The van der Waals surface area contributed by atoms with E-state index >= 15 is 0 Å². The van der Waals surface area contributed by atoms with Gasteiger partial charge in [0.25, 0.3) is 5.91 Å². The third-order valence-electron chi connectivity index (χ3n) is 4.25. The predicted octanol–water partition coefficient (Wildman–Crippen LogP) is 1.08. The Hall–Kier alpha value is -1.79. The van der Waals surface area contributed by atoms with Crippen LogP contribution in [0.15, 0.2) is 22.3 Å². The number of nitrogens with one attached hydrogen (secondary N) is 1. The standard InChI is InChI=1S/C17H25NO5/c1-10-11(2)15(20)13(12(3)14(10)19)6-7-17(4,22)16(21)18-8-9-23-5/h22H,6-9H2,1-5H3,(H,18,21). The number of rotatable bonds is 7. The summed E-state index contributed by atoms with van der Waals surface area (Å²) in [7, 11) is 1.52. The lowest BCUT2D eigenvalue weighted by atomic mass is 9.82. The topological polar surface area (TPSA) is 92.7 Å². The van der Waals surface area contributed by atoms with Gasteiger partial charge in [-0.1, -0.05) is 0 Å². The summed E-state index contributed by atoms with van der Waals surface area (Å²) in [5, 5.41) is 12.9. The molecule has 0 bridgehead atoms. The first-order valence-electron chi connectivity index (χ1n) is 7.59. The van der Waals surface area contributed by atoms with E-state index in [1.165, 1.54) is 14.0 Å². The molecule has 0 aromatic heterocycles. The minimum atomic E-state index is -1.62. The van der Waals surface area contributed by atoms with E-state index in [-0.39, 0.29) is 24.4 Å². The van der Waals surface area contributed by atoms with Gasteiger partial charge in [-0.3, -0.25) is 14.4 Å². The van der Waals surface area contributed by atoms with Crippen molar-refractivity contribution in [1.82, 2.24) is 5.32 Å². The molecule has 23 heavy (non-hydrogen) atoms. The number of methoxy groups -OCH3 is 1. The van der Waals surface area contributed by atoms with Crippen molar-refractivity contribution in [2.45, 2.75) is 46.1 Å². The number of carbonyl (C=O) groups excluding carboxylic acids is 3. The molecule has 1 atom stereocenters. The molecule has 0 aliphatic heterocycles. The van der Waals surface area contributed by atoms with Crippen LogP contribution in [0.2, 0.25) is 0 Å². The smallest absolute Gasteiger partial charge is 0.251 e. The lowest BCUT2D eigenvalue weighted by molar-refractivity contribution is -0.139. The molecule has 0 spiro atoms. The average molecular weight is 323 g/mol. The van der Waals surface area contributed by atoms with E-state index in [0.717, 1.165) is 0 Å². The Morgan fingerprint density at radius 2 is 1.70 bits per heavy atom. The highest BCUT2D eigenvalue weighted by Crippen LogP contribution is 2.28. The average Bonchev–Trinajstić information content (AvgIpc) is 2.51. The number of Topliss-reactive ketones (excluding diaryl/α,β-unsaturated/α-hetero) is 2. The van der Waals surface area contributed by atoms with Gasteiger partial charge in [-0.05, 0) is 40.5 Å². The van der Waals surface area contributed by atoms with Crippen LogP contribution in [0.5, 0.6) is 0 Å². The summed E-state index contributed by atoms with van der Waals surface area (Å²) in [6.07, 6.45) is 0.232. The minimum absolute atomic E-state index is 0.0594. The lowest BCUT2D eigenvalue weighted by Crippen LogP contribution is -2.45. The number of amides is 1. The number of carbonyl (C=O) groups is 3. The number of ether oxygens (including phenoxy) is 1. The van der Waals surface area contributed by atoms with Gasteiger partial charge >= 0.3 is 0 Å². The maximum Gasteiger partial charge on any atom is 0.251 e. The highest BCUT2D eigenvalue weighted by molar-refractivity contribution is 6.24. The molecular formula is C17H25NO5. The molecule has 6 heteroatoms. The van der Waals surface area contributed by atoms with Crippen LogP contribution in [0.3, 0.4) is 0 Å². The third-order valence-corrected chi connectivity index (χ3v) is 4.25. The summed E-state index contributed by atoms with van der Waals surface area (Å²) in [4.78, 5) is 36.4. The predicted molar refractivity (Wildman–Crippen MR) is 85.8 cm³/mol. The van der Waals surface area contributed by atoms with E-state index < -0.39 is 11.5 Å². The molecule has 1 aliphatic rings. The highest BCUT2D eigenvalue weighted by atomic mass is 16.5. The molecule has 1 amide bonds. The van der Waals surface area contributed by atoms with E-state index in [2.05, 4.69) is 5.32 Å². The van der Waals surface area contributed by atoms with Gasteiger partial charge in [0.15, 0.2) is 11.6 Å². The van der Waals surface area contributed by atoms with Gasteiger partial charge in [0, 0.05) is 35.9 Å². The maximum absolute atomic E-state index is 12.3. The largest absolute Gasteiger partial charge is 0.383 e. The summed E-state index contributed by atoms with van der Waals surface area (Å²) >= 11 is 0. The van der Waals surface area contributed by atoms with Crippen molar-refractivity contribution >= 4 is 17.5 Å². The minimum Gasteiger partial charge on any atom is -0.383 e. The monoisotopic (exact) mass is 323 g/mol. The molecule has 128 valence electrons. The summed E-state index contributed by atoms with van der Waals surface area (Å²) in [5.41, 5.74) is 0.0472. The molecule has 0 radical (unpaired) electrons. The lowest BCUT2D eigenvalue weighted by Gasteiger charge is -2.24. The van der Waals surface area contributed by atoms with Gasteiger partial charge in [-0.2, -0.15) is 0 Å². The zero-order chi connectivity index (χ0) is 17.8. The fourth-order valence-corrected chi connectivity index (χ4v) is 2.40. The maximum atomic E-state index is 12.3. The molecule has 1 rings (SSSR count). The van der Waals surface area contributed by atoms with Crippen molar-refractivity contribution in [3.63, 3.8) is 0 Å². The molecule has 0 aromatic rings. The fraction of sp³-hybridized carbons (Fsp3) is 0.588. The number of allylic oxidation sites excluding steroid dienone is 4. The second-order valence-corrected chi connectivity index (χ2v) is 6.03. The molecule has 2 N–H and O–H groups in total. The van der Waals surface area contributed by atoms with Gasteiger partial charge in [-0.15, -0.1) is 0 Å². The molecule has 1 unspecified atom stereocenters. The molecular weight excluding hydrogens is 298 g/mol. The van der Waals surface area contributed by atoms with Crippen LogP contribution in [0.25, 0.3) is 0 Å². The van der Waals surface area contributed by atoms with Gasteiger partial charge in [0.05, 0.1) is 6.61 Å². The fourth-order valence-electron chi connectivity index (χ4n) is 2.40. The van der Waals surface area contributed by atoms with Crippen molar-refractivity contribution in [2.24, 2.45) is 0 Å². The van der Waals surface area contributed by atoms with Crippen LogP contribution in [-0.2, 0) is 19.1 Å². The Labute approximate surface area is 136 Å². The molecule has 0 heterocycles. The third kappa shape index (κ3) is 4.36. The Morgan fingerprint density at radius 1 is 1.13 bits per heavy atom. The normalized spacial score (nSPS) is 18.3. The van der Waals surface area contributed by atoms with Crippen LogP contribution >= 0.6 is 0 Å². The van der Waals surface area contributed by atoms with Crippen LogP contribution in [0.4, 0.5) is 0 Å². The van der Waals surface area contributed by atoms with Crippen molar-refractivity contribution < 1.29 is 24.2 Å². The SMILES string of the molecule is COCCNC(=O)C(C)(O)CCC1=C(C)C(=O)C(C)=C(C)C1=O. The van der Waals surface area contributed by atoms with E-state index in [9.17, 15) is 19.5 Å². The van der Waals surface area contributed by atoms with Crippen molar-refractivity contribution in [3.8, 4) is 0 Å². The van der Waals surface area contributed by atoms with Crippen molar-refractivity contribution in [3.05, 3.63) is 22.3 Å². The summed E-state index contributed by atoms with van der Waals surface area (Å²) in [6, 6.07) is 0. The van der Waals surface area contributed by atoms with Crippen molar-refractivity contribution in [2.75, 3.05) is 20.3 Å². The van der Waals surface area contributed by atoms with Gasteiger partial charge < -0.3 is 15.2 Å². The van der Waals surface area contributed by atoms with Gasteiger partial charge in [0.1, 0.15) is 5.60 Å². The molecule has 0 saturated carbocycles. The zero-order valence-corrected chi connectivity index (χ0v) is 14.4. The highest BCUT2D eigenvalue weighted by Gasteiger charge is 2.33. The molecule has 1 aliphatic carbocycles. The molecule has 0 saturated heterocycles. The molecule has 0 fully saturated rings. The quantitative estimate of drug-likeness (QED) is 0.540. The van der Waals surface area contributed by atoms with Crippen LogP contribution in [0, 0.1) is 0 Å². The second kappa shape index (κ2) is 7.66. The Kier molecular flexibility index (Phi) is 6.41. The first kappa shape index (κ1) is 19.3. The first-order chi connectivity index (χ1) is 10.6. The number of ketones is 2. The summed E-state index contributed by atoms with van der Waals surface area (Å²) < 4.78 is 4.83. The van der Waals surface area contributed by atoms with E-state index in [1.54, 1.807) is 20.8 Å². The van der Waals surface area contributed by atoms with Crippen molar-refractivity contribution in [1.29, 1.82) is 0 Å². The molecule has 0 aromatic carbocycles. The number of hydrogen-bond donors (Lipinski definition) is 2. The van der Waals surface area contributed by atoms with E-state index in [4.69, 9.17) is 4.74 Å². The van der Waals surface area contributed by atoms with Crippen LogP contribution in [0.1, 0.15) is 40.5 Å². The van der Waals surface area contributed by atoms with Crippen LogP contribution < -0.4 is 5.32 Å². The zero-order valence-electron chi connectivity index (χ0n) is 14.4. The van der Waals surface area contributed by atoms with E-state index in [1.807, 2.05) is 0 Å². The number of aliphatic hydroxyl groups is 1. The van der Waals surface area contributed by atoms with Crippen LogP contribution in [-0.4, -0.2) is 48.4 Å². The molecule has 6 nitrogen and oxygen atoms in total. The van der Waals surface area contributed by atoms with Gasteiger partial charge in [0.2, 0.25) is 0 Å². The number of hydrogen-bond acceptors (Lipinski definition) is 5. The summed E-state index contributed by atoms with van der Waals surface area (Å²) in [6.45, 7) is 6.91. The van der Waals surface area contributed by atoms with Gasteiger partial charge in [-0.25, -0.2) is 0 Å². The Morgan fingerprint density at radius 3 is 2.26 bits per heavy atom. The second-order valence-electron chi connectivity index (χ2n) is 6.03. The Balaban J connectivity index is 2.78. The Bertz CT molecular complexity index is 584. The van der Waals surface area contributed by atoms with E-state index in [0.29, 0.717) is 35.4 Å². The first-order valence-corrected chi connectivity index (χ1v) is 7.59.